The summed E-state index contributed by atoms with van der Waals surface area (Å²) in [4.78, 5) is 14.5. The van der Waals surface area contributed by atoms with Gasteiger partial charge >= 0.3 is 0 Å². The van der Waals surface area contributed by atoms with E-state index in [0.29, 0.717) is 28.6 Å². The SMILES string of the molecule is N#Cc1cc(-n2c3ccccc3c3ccc4c5ccccc5oc4c32)ccc1-c1nc(-c2ccccc2)nc(-c2ccccc2)n1. The molecule has 0 unspecified atom stereocenters. The first-order valence-corrected chi connectivity index (χ1v) is 15.0. The van der Waals surface area contributed by atoms with Gasteiger partial charge in [-0.05, 0) is 36.4 Å². The fourth-order valence-corrected chi connectivity index (χ4v) is 6.39. The molecule has 0 aliphatic carbocycles. The summed E-state index contributed by atoms with van der Waals surface area (Å²) in [7, 11) is 0. The summed E-state index contributed by atoms with van der Waals surface area (Å²) < 4.78 is 8.70. The van der Waals surface area contributed by atoms with Crippen molar-refractivity contribution in [3.63, 3.8) is 0 Å². The predicted molar refractivity (Wildman–Crippen MR) is 182 cm³/mol. The minimum atomic E-state index is 0.442. The molecule has 0 atom stereocenters. The first-order valence-electron chi connectivity index (χ1n) is 15.0. The van der Waals surface area contributed by atoms with Gasteiger partial charge in [-0.1, -0.05) is 103 Å². The summed E-state index contributed by atoms with van der Waals surface area (Å²) in [6.07, 6.45) is 0. The number of nitrogens with zero attached hydrogens (tertiary/aromatic N) is 5. The lowest BCUT2D eigenvalue weighted by Crippen LogP contribution is -2.02. The van der Waals surface area contributed by atoms with E-state index < -0.39 is 0 Å². The zero-order chi connectivity index (χ0) is 30.6. The Kier molecular flexibility index (Phi) is 5.77. The summed E-state index contributed by atoms with van der Waals surface area (Å²) in [6.45, 7) is 0. The van der Waals surface area contributed by atoms with E-state index in [1.165, 1.54) is 0 Å². The van der Waals surface area contributed by atoms with Gasteiger partial charge in [0.2, 0.25) is 0 Å². The lowest BCUT2D eigenvalue weighted by Gasteiger charge is -2.12. The average molecular weight is 590 g/mol. The van der Waals surface area contributed by atoms with E-state index in [4.69, 9.17) is 19.4 Å². The normalized spacial score (nSPS) is 11.5. The number of hydrogen-bond acceptors (Lipinski definition) is 5. The van der Waals surface area contributed by atoms with Crippen LogP contribution in [0.15, 0.2) is 144 Å². The molecule has 9 aromatic rings. The van der Waals surface area contributed by atoms with Crippen molar-refractivity contribution < 1.29 is 4.42 Å². The topological polar surface area (TPSA) is 80.5 Å². The van der Waals surface area contributed by atoms with E-state index in [1.54, 1.807) is 0 Å². The number of aromatic nitrogens is 4. The second kappa shape index (κ2) is 10.3. The van der Waals surface area contributed by atoms with Crippen LogP contribution in [0.2, 0.25) is 0 Å². The first kappa shape index (κ1) is 25.9. The van der Waals surface area contributed by atoms with Gasteiger partial charge in [0, 0.05) is 43.9 Å². The fourth-order valence-electron chi connectivity index (χ4n) is 6.39. The smallest absolute Gasteiger partial charge is 0.165 e. The number of hydrogen-bond donors (Lipinski definition) is 0. The van der Waals surface area contributed by atoms with Gasteiger partial charge in [-0.15, -0.1) is 0 Å². The third-order valence-corrected chi connectivity index (χ3v) is 8.50. The molecule has 0 radical (unpaired) electrons. The van der Waals surface area contributed by atoms with Crippen LogP contribution in [0.1, 0.15) is 5.56 Å². The zero-order valence-corrected chi connectivity index (χ0v) is 24.4. The standard InChI is InChI=1S/C40H23N5O/c41-24-27-23-28(19-20-29(27)40-43-38(25-11-3-1-4-12-25)42-39(44-40)26-13-5-2-6-14-26)45-34-17-9-7-15-30(34)32-21-22-33-31-16-8-10-18-35(31)46-37(33)36(32)45/h1-23H. The number of nitriles is 1. The number of para-hydroxylation sites is 2. The Balaban J connectivity index is 1.28. The molecule has 0 bridgehead atoms. The highest BCUT2D eigenvalue weighted by molar-refractivity contribution is 6.21. The molecule has 6 nitrogen and oxygen atoms in total. The Labute approximate surface area is 263 Å². The molecule has 6 heteroatoms. The van der Waals surface area contributed by atoms with Crippen molar-refractivity contribution in [1.82, 2.24) is 19.5 Å². The third kappa shape index (κ3) is 4.00. The van der Waals surface area contributed by atoms with Crippen LogP contribution in [0.5, 0.6) is 0 Å². The van der Waals surface area contributed by atoms with E-state index in [-0.39, 0.29) is 0 Å². The van der Waals surface area contributed by atoms with Crippen molar-refractivity contribution >= 4 is 43.7 Å². The Hall–Kier alpha value is -6.58. The average Bonchev–Trinajstić information content (AvgIpc) is 3.68. The Morgan fingerprint density at radius 3 is 1.87 bits per heavy atom. The molecule has 3 aromatic heterocycles. The summed E-state index contributed by atoms with van der Waals surface area (Å²) in [6, 6.07) is 48.7. The number of fused-ring (bicyclic) bond motifs is 7. The largest absolute Gasteiger partial charge is 0.454 e. The molecule has 0 amide bonds. The molecule has 9 rings (SSSR count). The maximum atomic E-state index is 10.5. The summed E-state index contributed by atoms with van der Waals surface area (Å²) in [5.41, 5.74) is 7.34. The van der Waals surface area contributed by atoms with Crippen molar-refractivity contribution in [2.75, 3.05) is 0 Å². The number of benzene rings is 6. The molecule has 0 N–H and O–H groups in total. The lowest BCUT2D eigenvalue weighted by molar-refractivity contribution is 0.671. The Morgan fingerprint density at radius 1 is 0.543 bits per heavy atom. The van der Waals surface area contributed by atoms with Gasteiger partial charge in [0.1, 0.15) is 5.58 Å². The van der Waals surface area contributed by atoms with Gasteiger partial charge in [0.25, 0.3) is 0 Å². The highest BCUT2D eigenvalue weighted by atomic mass is 16.3. The molecule has 0 saturated carbocycles. The quantitative estimate of drug-likeness (QED) is 0.204. The second-order valence-corrected chi connectivity index (χ2v) is 11.2. The third-order valence-electron chi connectivity index (χ3n) is 8.50. The van der Waals surface area contributed by atoms with Crippen molar-refractivity contribution in [3.05, 3.63) is 145 Å². The van der Waals surface area contributed by atoms with Crippen molar-refractivity contribution in [2.45, 2.75) is 0 Å². The molecule has 0 aliphatic rings. The van der Waals surface area contributed by atoms with Gasteiger partial charge in [0.15, 0.2) is 23.1 Å². The van der Waals surface area contributed by atoms with Crippen LogP contribution in [0, 0.1) is 11.3 Å². The first-order chi connectivity index (χ1) is 22.8. The van der Waals surface area contributed by atoms with E-state index in [2.05, 4.69) is 41.0 Å². The van der Waals surface area contributed by atoms with Crippen LogP contribution in [0.3, 0.4) is 0 Å². The van der Waals surface area contributed by atoms with E-state index in [1.807, 2.05) is 109 Å². The van der Waals surface area contributed by atoms with Gasteiger partial charge in [-0.3, -0.25) is 0 Å². The second-order valence-electron chi connectivity index (χ2n) is 11.2. The maximum absolute atomic E-state index is 10.5. The monoisotopic (exact) mass is 589 g/mol. The summed E-state index contributed by atoms with van der Waals surface area (Å²) >= 11 is 0. The summed E-state index contributed by atoms with van der Waals surface area (Å²) in [5, 5.41) is 14.8. The van der Waals surface area contributed by atoms with Crippen LogP contribution in [-0.2, 0) is 0 Å². The predicted octanol–water partition coefficient (Wildman–Crippen LogP) is 9.74. The van der Waals surface area contributed by atoms with Gasteiger partial charge in [0.05, 0.1) is 22.7 Å². The van der Waals surface area contributed by atoms with Crippen molar-refractivity contribution in [3.8, 4) is 45.9 Å². The highest BCUT2D eigenvalue weighted by Gasteiger charge is 2.21. The molecular weight excluding hydrogens is 566 g/mol. The molecule has 0 aliphatic heterocycles. The molecular formula is C40H23N5O. The Morgan fingerprint density at radius 2 is 1.15 bits per heavy atom. The number of rotatable bonds is 4. The minimum absolute atomic E-state index is 0.442. The molecule has 0 spiro atoms. The molecule has 0 fully saturated rings. The van der Waals surface area contributed by atoms with Crippen LogP contribution in [0.4, 0.5) is 0 Å². The maximum Gasteiger partial charge on any atom is 0.165 e. The minimum Gasteiger partial charge on any atom is -0.454 e. The molecule has 3 heterocycles. The van der Waals surface area contributed by atoms with Crippen LogP contribution < -0.4 is 0 Å². The van der Waals surface area contributed by atoms with E-state index >= 15 is 0 Å². The van der Waals surface area contributed by atoms with Gasteiger partial charge < -0.3 is 8.98 Å². The lowest BCUT2D eigenvalue weighted by atomic mass is 10.1. The van der Waals surface area contributed by atoms with Gasteiger partial charge in [-0.2, -0.15) is 5.26 Å². The molecule has 214 valence electrons. The van der Waals surface area contributed by atoms with E-state index in [0.717, 1.165) is 60.6 Å². The van der Waals surface area contributed by atoms with E-state index in [9.17, 15) is 5.26 Å². The highest BCUT2D eigenvalue weighted by Crippen LogP contribution is 2.40. The zero-order valence-electron chi connectivity index (χ0n) is 24.4. The van der Waals surface area contributed by atoms with Crippen molar-refractivity contribution in [2.24, 2.45) is 0 Å². The summed E-state index contributed by atoms with van der Waals surface area (Å²) in [5.74, 6) is 1.54. The fraction of sp³-hybridized carbons (Fsp3) is 0. The molecule has 6 aromatic carbocycles. The van der Waals surface area contributed by atoms with Crippen molar-refractivity contribution in [1.29, 1.82) is 5.26 Å². The van der Waals surface area contributed by atoms with Gasteiger partial charge in [-0.25, -0.2) is 15.0 Å². The van der Waals surface area contributed by atoms with Crippen LogP contribution >= 0.6 is 0 Å². The Bertz CT molecular complexity index is 2590. The molecule has 46 heavy (non-hydrogen) atoms. The van der Waals surface area contributed by atoms with Crippen LogP contribution in [-0.4, -0.2) is 19.5 Å². The number of furan rings is 1. The van der Waals surface area contributed by atoms with Crippen LogP contribution in [0.25, 0.3) is 83.6 Å². The molecule has 0 saturated heterocycles.